The zero-order valence-electron chi connectivity index (χ0n) is 12.5. The number of halogens is 1. The molecule has 0 bridgehead atoms. The molecule has 118 valence electrons. The molecule has 1 aromatic rings. The van der Waals surface area contributed by atoms with Gasteiger partial charge in [-0.2, -0.15) is 4.31 Å². The zero-order chi connectivity index (χ0) is 15.5. The van der Waals surface area contributed by atoms with Gasteiger partial charge in [-0.3, -0.25) is 0 Å². The van der Waals surface area contributed by atoms with Crippen LogP contribution in [-0.2, 0) is 16.6 Å². The normalized spacial score (nSPS) is 17.2. The van der Waals surface area contributed by atoms with Gasteiger partial charge in [0.2, 0.25) is 10.0 Å². The standard InChI is InChI=1S/C14H22ClN3O2S/c1-3-16-11-12-13(15)5-4-6-14(12)17-7-9-18(10-8-17)21(2,19)20/h4-6,16H,3,7-11H2,1-2H3. The maximum Gasteiger partial charge on any atom is 0.211 e. The van der Waals surface area contributed by atoms with Gasteiger partial charge in [-0.15, -0.1) is 0 Å². The van der Waals surface area contributed by atoms with Crippen molar-refractivity contribution in [1.82, 2.24) is 9.62 Å². The lowest BCUT2D eigenvalue weighted by molar-refractivity contribution is 0.387. The minimum atomic E-state index is -3.10. The van der Waals surface area contributed by atoms with Gasteiger partial charge in [0.25, 0.3) is 0 Å². The van der Waals surface area contributed by atoms with Crippen molar-refractivity contribution >= 4 is 27.3 Å². The first-order valence-electron chi connectivity index (χ1n) is 7.11. The predicted molar refractivity (Wildman–Crippen MR) is 87.5 cm³/mol. The van der Waals surface area contributed by atoms with E-state index in [1.807, 2.05) is 12.1 Å². The van der Waals surface area contributed by atoms with Gasteiger partial charge >= 0.3 is 0 Å². The van der Waals surface area contributed by atoms with E-state index in [4.69, 9.17) is 11.6 Å². The Balaban J connectivity index is 2.15. The largest absolute Gasteiger partial charge is 0.369 e. The van der Waals surface area contributed by atoms with Crippen LogP contribution in [-0.4, -0.2) is 51.7 Å². The van der Waals surface area contributed by atoms with Gasteiger partial charge in [-0.05, 0) is 18.7 Å². The van der Waals surface area contributed by atoms with Gasteiger partial charge < -0.3 is 10.2 Å². The molecule has 1 aliphatic rings. The molecule has 2 rings (SSSR count). The van der Waals surface area contributed by atoms with Crippen LogP contribution in [0.15, 0.2) is 18.2 Å². The molecule has 5 nitrogen and oxygen atoms in total. The van der Waals surface area contributed by atoms with Gasteiger partial charge in [0, 0.05) is 49.0 Å². The fourth-order valence-corrected chi connectivity index (χ4v) is 3.59. The maximum absolute atomic E-state index is 11.6. The highest BCUT2D eigenvalue weighted by molar-refractivity contribution is 7.88. The lowest BCUT2D eigenvalue weighted by Gasteiger charge is -2.36. The van der Waals surface area contributed by atoms with Crippen LogP contribution >= 0.6 is 11.6 Å². The smallest absolute Gasteiger partial charge is 0.211 e. The van der Waals surface area contributed by atoms with Gasteiger partial charge in [0.05, 0.1) is 6.26 Å². The summed E-state index contributed by atoms with van der Waals surface area (Å²) in [5.41, 5.74) is 2.17. The Bertz CT molecular complexity index is 584. The first kappa shape index (κ1) is 16.5. The molecule has 21 heavy (non-hydrogen) atoms. The van der Waals surface area contributed by atoms with Crippen LogP contribution in [0.3, 0.4) is 0 Å². The van der Waals surface area contributed by atoms with Gasteiger partial charge in [0.1, 0.15) is 0 Å². The summed E-state index contributed by atoms with van der Waals surface area (Å²) in [5, 5.41) is 4.05. The molecule has 0 aliphatic carbocycles. The summed E-state index contributed by atoms with van der Waals surface area (Å²) in [6.45, 7) is 6.07. The van der Waals surface area contributed by atoms with Crippen LogP contribution in [0.2, 0.25) is 5.02 Å². The fraction of sp³-hybridized carbons (Fsp3) is 0.571. The van der Waals surface area contributed by atoms with E-state index in [-0.39, 0.29) is 0 Å². The van der Waals surface area contributed by atoms with E-state index in [2.05, 4.69) is 23.2 Å². The number of piperazine rings is 1. The third-order valence-corrected chi connectivity index (χ3v) is 5.35. The summed E-state index contributed by atoms with van der Waals surface area (Å²) in [5.74, 6) is 0. The Labute approximate surface area is 131 Å². The third-order valence-electron chi connectivity index (χ3n) is 3.69. The first-order valence-corrected chi connectivity index (χ1v) is 9.34. The van der Waals surface area contributed by atoms with E-state index >= 15 is 0 Å². The lowest BCUT2D eigenvalue weighted by atomic mass is 10.1. The summed E-state index contributed by atoms with van der Waals surface area (Å²) >= 11 is 6.31. The average Bonchev–Trinajstić information content (AvgIpc) is 2.45. The Morgan fingerprint density at radius 3 is 2.48 bits per heavy atom. The molecule has 0 saturated carbocycles. The molecular formula is C14H22ClN3O2S. The molecule has 0 amide bonds. The number of benzene rings is 1. The van der Waals surface area contributed by atoms with Crippen molar-refractivity contribution in [3.05, 3.63) is 28.8 Å². The molecule has 7 heteroatoms. The van der Waals surface area contributed by atoms with Crippen molar-refractivity contribution in [3.63, 3.8) is 0 Å². The summed E-state index contributed by atoms with van der Waals surface area (Å²) < 4.78 is 24.7. The van der Waals surface area contributed by atoms with E-state index in [0.29, 0.717) is 26.2 Å². The lowest BCUT2D eigenvalue weighted by Crippen LogP contribution is -2.48. The van der Waals surface area contributed by atoms with Crippen LogP contribution in [0, 0.1) is 0 Å². The summed E-state index contributed by atoms with van der Waals surface area (Å²) in [6.07, 6.45) is 1.26. The Morgan fingerprint density at radius 2 is 1.90 bits per heavy atom. The van der Waals surface area contributed by atoms with Gasteiger partial charge in [-0.1, -0.05) is 24.6 Å². The molecule has 1 saturated heterocycles. The second kappa shape index (κ2) is 6.96. The van der Waals surface area contributed by atoms with E-state index in [0.717, 1.165) is 29.4 Å². The molecule has 1 heterocycles. The van der Waals surface area contributed by atoms with Crippen molar-refractivity contribution in [2.75, 3.05) is 43.9 Å². The second-order valence-corrected chi connectivity index (χ2v) is 7.56. The number of hydrogen-bond donors (Lipinski definition) is 1. The SMILES string of the molecule is CCNCc1c(Cl)cccc1N1CCN(S(C)(=O)=O)CC1. The average molecular weight is 332 g/mol. The topological polar surface area (TPSA) is 52.6 Å². The van der Waals surface area contributed by atoms with Crippen LogP contribution in [0.1, 0.15) is 12.5 Å². The fourth-order valence-electron chi connectivity index (χ4n) is 2.53. The van der Waals surface area contributed by atoms with Gasteiger partial charge in [0.15, 0.2) is 0 Å². The van der Waals surface area contributed by atoms with Crippen molar-refractivity contribution in [1.29, 1.82) is 0 Å². The molecule has 0 aromatic heterocycles. The second-order valence-electron chi connectivity index (χ2n) is 5.17. The Morgan fingerprint density at radius 1 is 1.24 bits per heavy atom. The molecule has 1 N–H and O–H groups in total. The molecule has 0 spiro atoms. The van der Waals surface area contributed by atoms with Crippen LogP contribution in [0.5, 0.6) is 0 Å². The quantitative estimate of drug-likeness (QED) is 0.889. The molecule has 0 radical (unpaired) electrons. The minimum absolute atomic E-state index is 0.520. The predicted octanol–water partition coefficient (Wildman–Crippen LogP) is 1.53. The van der Waals surface area contributed by atoms with E-state index in [1.54, 1.807) is 0 Å². The highest BCUT2D eigenvalue weighted by Crippen LogP contribution is 2.28. The van der Waals surface area contributed by atoms with Crippen molar-refractivity contribution in [3.8, 4) is 0 Å². The first-order chi connectivity index (χ1) is 9.93. The number of hydrogen-bond acceptors (Lipinski definition) is 4. The molecular weight excluding hydrogens is 310 g/mol. The highest BCUT2D eigenvalue weighted by atomic mass is 35.5. The number of rotatable bonds is 5. The van der Waals surface area contributed by atoms with E-state index in [1.165, 1.54) is 10.6 Å². The third kappa shape index (κ3) is 4.10. The molecule has 1 aliphatic heterocycles. The van der Waals surface area contributed by atoms with Crippen LogP contribution in [0.4, 0.5) is 5.69 Å². The molecule has 1 fully saturated rings. The number of nitrogens with zero attached hydrogens (tertiary/aromatic N) is 2. The van der Waals surface area contributed by atoms with E-state index < -0.39 is 10.0 Å². The maximum atomic E-state index is 11.6. The number of nitrogens with one attached hydrogen (secondary N) is 1. The van der Waals surface area contributed by atoms with E-state index in [9.17, 15) is 8.42 Å². The molecule has 1 aromatic carbocycles. The number of anilines is 1. The van der Waals surface area contributed by atoms with Crippen LogP contribution < -0.4 is 10.2 Å². The molecule has 0 unspecified atom stereocenters. The minimum Gasteiger partial charge on any atom is -0.369 e. The Kier molecular flexibility index (Phi) is 5.48. The van der Waals surface area contributed by atoms with Crippen molar-refractivity contribution in [2.24, 2.45) is 0 Å². The summed E-state index contributed by atoms with van der Waals surface area (Å²) in [6, 6.07) is 5.88. The monoisotopic (exact) mass is 331 g/mol. The summed E-state index contributed by atoms with van der Waals surface area (Å²) in [7, 11) is -3.10. The number of sulfonamides is 1. The molecule has 0 atom stereocenters. The van der Waals surface area contributed by atoms with Crippen LogP contribution in [0.25, 0.3) is 0 Å². The van der Waals surface area contributed by atoms with Crippen molar-refractivity contribution < 1.29 is 8.42 Å². The Hall–Kier alpha value is -0.820. The van der Waals surface area contributed by atoms with Gasteiger partial charge in [-0.25, -0.2) is 8.42 Å². The summed E-state index contributed by atoms with van der Waals surface area (Å²) in [4.78, 5) is 2.21. The highest BCUT2D eigenvalue weighted by Gasteiger charge is 2.24. The zero-order valence-corrected chi connectivity index (χ0v) is 14.0. The van der Waals surface area contributed by atoms with Crippen molar-refractivity contribution in [2.45, 2.75) is 13.5 Å².